The zero-order valence-electron chi connectivity index (χ0n) is 11.6. The Bertz CT molecular complexity index is 461. The van der Waals surface area contributed by atoms with Crippen LogP contribution in [0.15, 0.2) is 22.7 Å². The van der Waals surface area contributed by atoms with Crippen LogP contribution in [0.2, 0.25) is 0 Å². The summed E-state index contributed by atoms with van der Waals surface area (Å²) in [5, 5.41) is 2.98. The fraction of sp³-hybridized carbons (Fsp3) is 0.533. The van der Waals surface area contributed by atoms with Crippen LogP contribution in [0.1, 0.15) is 24.8 Å². The van der Waals surface area contributed by atoms with Gasteiger partial charge in [0.15, 0.2) is 0 Å². The van der Waals surface area contributed by atoms with Gasteiger partial charge in [-0.25, -0.2) is 0 Å². The maximum Gasteiger partial charge on any atom is 0.224 e. The summed E-state index contributed by atoms with van der Waals surface area (Å²) in [6.45, 7) is 4.22. The summed E-state index contributed by atoms with van der Waals surface area (Å²) >= 11 is 3.48. The number of halogens is 1. The summed E-state index contributed by atoms with van der Waals surface area (Å²) < 4.78 is 1.03. The normalized spacial score (nSPS) is 20.3. The molecule has 104 valence electrons. The van der Waals surface area contributed by atoms with Gasteiger partial charge in [-0.2, -0.15) is 0 Å². The van der Waals surface area contributed by atoms with E-state index in [4.69, 9.17) is 0 Å². The number of rotatable bonds is 3. The number of anilines is 1. The van der Waals surface area contributed by atoms with E-state index >= 15 is 0 Å². The first-order valence-electron chi connectivity index (χ1n) is 6.79. The molecule has 1 aliphatic rings. The highest BCUT2D eigenvalue weighted by atomic mass is 79.9. The van der Waals surface area contributed by atoms with Crippen molar-refractivity contribution in [2.45, 2.75) is 26.2 Å². The molecular weight excluding hydrogens is 304 g/mol. The Morgan fingerprint density at radius 1 is 1.53 bits per heavy atom. The maximum atomic E-state index is 12.0. The molecule has 0 aromatic heterocycles. The standard InChI is InChI=1S/C15H21BrN2O/c1-11-5-6-13(9-14(11)16)17-15(19)8-12-4-3-7-18(2)10-12/h5-6,9,12H,3-4,7-8,10H2,1-2H3,(H,17,19). The maximum absolute atomic E-state index is 12.0. The summed E-state index contributed by atoms with van der Waals surface area (Å²) in [7, 11) is 2.13. The second kappa shape index (κ2) is 6.53. The van der Waals surface area contributed by atoms with Gasteiger partial charge in [-0.1, -0.05) is 22.0 Å². The topological polar surface area (TPSA) is 32.3 Å². The van der Waals surface area contributed by atoms with Crippen LogP contribution in [0.5, 0.6) is 0 Å². The van der Waals surface area contributed by atoms with Crippen LogP contribution in [-0.2, 0) is 4.79 Å². The summed E-state index contributed by atoms with van der Waals surface area (Å²) in [5.74, 6) is 0.615. The van der Waals surface area contributed by atoms with Crippen LogP contribution in [0.4, 0.5) is 5.69 Å². The van der Waals surface area contributed by atoms with Crippen molar-refractivity contribution in [2.24, 2.45) is 5.92 Å². The molecule has 1 atom stereocenters. The molecule has 0 bridgehead atoms. The molecule has 1 fully saturated rings. The smallest absolute Gasteiger partial charge is 0.224 e. The SMILES string of the molecule is Cc1ccc(NC(=O)CC2CCCN(C)C2)cc1Br. The molecule has 1 heterocycles. The van der Waals surface area contributed by atoms with Crippen LogP contribution in [-0.4, -0.2) is 30.9 Å². The highest BCUT2D eigenvalue weighted by Gasteiger charge is 2.20. The highest BCUT2D eigenvalue weighted by Crippen LogP contribution is 2.22. The first-order valence-corrected chi connectivity index (χ1v) is 7.58. The quantitative estimate of drug-likeness (QED) is 0.923. The third-order valence-corrected chi connectivity index (χ3v) is 4.51. The average molecular weight is 325 g/mol. The summed E-state index contributed by atoms with van der Waals surface area (Å²) in [5.41, 5.74) is 2.04. The number of nitrogens with zero attached hydrogens (tertiary/aromatic N) is 1. The van der Waals surface area contributed by atoms with Gasteiger partial charge in [0.25, 0.3) is 0 Å². The molecule has 3 nitrogen and oxygen atoms in total. The number of aryl methyl sites for hydroxylation is 1. The monoisotopic (exact) mass is 324 g/mol. The van der Waals surface area contributed by atoms with Gasteiger partial charge in [0.05, 0.1) is 0 Å². The van der Waals surface area contributed by atoms with Crippen LogP contribution >= 0.6 is 15.9 Å². The van der Waals surface area contributed by atoms with Gasteiger partial charge in [0, 0.05) is 23.1 Å². The minimum atomic E-state index is 0.121. The van der Waals surface area contributed by atoms with Crippen LogP contribution in [0.3, 0.4) is 0 Å². The zero-order chi connectivity index (χ0) is 13.8. The zero-order valence-corrected chi connectivity index (χ0v) is 13.2. The molecule has 1 amide bonds. The van der Waals surface area contributed by atoms with Crippen molar-refractivity contribution in [3.05, 3.63) is 28.2 Å². The molecular formula is C15H21BrN2O. The largest absolute Gasteiger partial charge is 0.326 e. The van der Waals surface area contributed by atoms with Crippen molar-refractivity contribution in [1.82, 2.24) is 4.90 Å². The van der Waals surface area contributed by atoms with Gasteiger partial charge < -0.3 is 10.2 Å². The summed E-state index contributed by atoms with van der Waals surface area (Å²) in [6, 6.07) is 5.92. The van der Waals surface area contributed by atoms with Crippen LogP contribution < -0.4 is 5.32 Å². The van der Waals surface area contributed by atoms with E-state index in [0.717, 1.165) is 29.7 Å². The summed E-state index contributed by atoms with van der Waals surface area (Å²) in [4.78, 5) is 14.3. The van der Waals surface area contributed by atoms with Crippen molar-refractivity contribution >= 4 is 27.5 Å². The molecule has 1 unspecified atom stereocenters. The molecule has 1 saturated heterocycles. The third kappa shape index (κ3) is 4.32. The van der Waals surface area contributed by atoms with Gasteiger partial charge in [-0.3, -0.25) is 4.79 Å². The predicted octanol–water partition coefficient (Wildman–Crippen LogP) is 3.43. The number of carbonyl (C=O) groups is 1. The van der Waals surface area contributed by atoms with Crippen LogP contribution in [0, 0.1) is 12.8 Å². The van der Waals surface area contributed by atoms with E-state index in [9.17, 15) is 4.79 Å². The van der Waals surface area contributed by atoms with Gasteiger partial charge in [0.1, 0.15) is 0 Å². The number of amides is 1. The van der Waals surface area contributed by atoms with Gasteiger partial charge >= 0.3 is 0 Å². The number of nitrogens with one attached hydrogen (secondary N) is 1. The van der Waals surface area contributed by atoms with Gasteiger partial charge in [0.2, 0.25) is 5.91 Å². The third-order valence-electron chi connectivity index (χ3n) is 3.65. The average Bonchev–Trinajstić information content (AvgIpc) is 2.34. The lowest BCUT2D eigenvalue weighted by Gasteiger charge is -2.29. The first-order chi connectivity index (χ1) is 9.04. The van der Waals surface area contributed by atoms with Crippen molar-refractivity contribution in [1.29, 1.82) is 0 Å². The Morgan fingerprint density at radius 3 is 3.00 bits per heavy atom. The second-order valence-corrected chi connectivity index (χ2v) is 6.34. The molecule has 1 N–H and O–H groups in total. The molecule has 0 saturated carbocycles. The lowest BCUT2D eigenvalue weighted by molar-refractivity contribution is -0.117. The Balaban J connectivity index is 1.88. The Hall–Kier alpha value is -0.870. The van der Waals surface area contributed by atoms with Crippen molar-refractivity contribution in [3.63, 3.8) is 0 Å². The van der Waals surface area contributed by atoms with E-state index < -0.39 is 0 Å². The lowest BCUT2D eigenvalue weighted by Crippen LogP contribution is -2.34. The van der Waals surface area contributed by atoms with E-state index in [0.29, 0.717) is 12.3 Å². The van der Waals surface area contributed by atoms with E-state index in [1.54, 1.807) is 0 Å². The molecule has 1 aromatic carbocycles. The molecule has 1 aromatic rings. The van der Waals surface area contributed by atoms with Crippen LogP contribution in [0.25, 0.3) is 0 Å². The number of hydrogen-bond acceptors (Lipinski definition) is 2. The molecule has 0 radical (unpaired) electrons. The Morgan fingerprint density at radius 2 is 2.32 bits per heavy atom. The second-order valence-electron chi connectivity index (χ2n) is 5.49. The number of hydrogen-bond donors (Lipinski definition) is 1. The predicted molar refractivity (Wildman–Crippen MR) is 82.3 cm³/mol. The van der Waals surface area contributed by atoms with E-state index in [-0.39, 0.29) is 5.91 Å². The Labute approximate surface area is 123 Å². The summed E-state index contributed by atoms with van der Waals surface area (Å²) in [6.07, 6.45) is 2.98. The molecule has 19 heavy (non-hydrogen) atoms. The van der Waals surface area contributed by atoms with Crippen molar-refractivity contribution in [2.75, 3.05) is 25.5 Å². The first kappa shape index (κ1) is 14.5. The molecule has 4 heteroatoms. The minimum Gasteiger partial charge on any atom is -0.326 e. The number of benzene rings is 1. The van der Waals surface area contributed by atoms with E-state index in [2.05, 4.69) is 33.2 Å². The van der Waals surface area contributed by atoms with E-state index in [1.807, 2.05) is 25.1 Å². The fourth-order valence-electron chi connectivity index (χ4n) is 2.58. The number of likely N-dealkylation sites (tertiary alicyclic amines) is 1. The van der Waals surface area contributed by atoms with Gasteiger partial charge in [-0.05, 0) is 57.0 Å². The number of piperidine rings is 1. The minimum absolute atomic E-state index is 0.121. The van der Waals surface area contributed by atoms with Crippen molar-refractivity contribution in [3.8, 4) is 0 Å². The molecule has 0 aliphatic carbocycles. The molecule has 0 spiro atoms. The lowest BCUT2D eigenvalue weighted by atomic mass is 9.95. The Kier molecular flexibility index (Phi) is 4.99. The van der Waals surface area contributed by atoms with Crippen molar-refractivity contribution < 1.29 is 4.79 Å². The van der Waals surface area contributed by atoms with Gasteiger partial charge in [-0.15, -0.1) is 0 Å². The molecule has 1 aliphatic heterocycles. The highest BCUT2D eigenvalue weighted by molar-refractivity contribution is 9.10. The molecule has 2 rings (SSSR count). The fourth-order valence-corrected chi connectivity index (χ4v) is 2.96. The number of carbonyl (C=O) groups excluding carboxylic acids is 1. The van der Waals surface area contributed by atoms with E-state index in [1.165, 1.54) is 12.0 Å².